The minimum absolute atomic E-state index is 0.00898. The largest absolute Gasteiger partial charge is 0.465 e. The normalized spacial score (nSPS) is 27.3. The van der Waals surface area contributed by atoms with Gasteiger partial charge < -0.3 is 19.6 Å². The number of para-hydroxylation sites is 1. The molecule has 1 N–H and O–H groups in total. The molecule has 0 radical (unpaired) electrons. The number of amides is 2. The van der Waals surface area contributed by atoms with Crippen LogP contribution in [-0.2, 0) is 19.1 Å². The summed E-state index contributed by atoms with van der Waals surface area (Å²) in [4.78, 5) is 45.0. The van der Waals surface area contributed by atoms with Crippen LogP contribution in [0.2, 0.25) is 5.02 Å². The van der Waals surface area contributed by atoms with Gasteiger partial charge in [-0.05, 0) is 57.1 Å². The maximum Gasteiger partial charge on any atom is 0.310 e. The highest BCUT2D eigenvalue weighted by Crippen LogP contribution is 2.66. The molecule has 206 valence electrons. The molecule has 3 saturated heterocycles. The minimum atomic E-state index is -0.740. The molecule has 3 aliphatic heterocycles. The molecule has 3 aliphatic rings. The lowest BCUT2D eigenvalue weighted by atomic mass is 9.71. The highest BCUT2D eigenvalue weighted by molar-refractivity contribution is 8.02. The number of carbonyl (C=O) groups excluding carboxylic acids is 3. The molecule has 5 atom stereocenters. The number of aliphatic hydroxyl groups excluding tert-OH is 1. The maximum atomic E-state index is 14.4. The van der Waals surface area contributed by atoms with E-state index in [1.54, 1.807) is 45.8 Å². The van der Waals surface area contributed by atoms with Gasteiger partial charge in [0.05, 0.1) is 33.9 Å². The van der Waals surface area contributed by atoms with Gasteiger partial charge in [-0.2, -0.15) is 0 Å². The van der Waals surface area contributed by atoms with Crippen LogP contribution < -0.4 is 4.90 Å². The second-order valence-corrected chi connectivity index (χ2v) is 12.2. The Bertz CT molecular complexity index is 1070. The molecule has 9 heteroatoms. The van der Waals surface area contributed by atoms with E-state index in [1.165, 1.54) is 0 Å². The fourth-order valence-electron chi connectivity index (χ4n) is 6.25. The lowest BCUT2D eigenvalue weighted by molar-refractivity contribution is -0.154. The first-order valence-corrected chi connectivity index (χ1v) is 14.7. The molecule has 4 rings (SSSR count). The van der Waals surface area contributed by atoms with Crippen LogP contribution in [-0.4, -0.2) is 70.1 Å². The number of hydrogen-bond donors (Lipinski definition) is 1. The number of hydrogen-bond acceptors (Lipinski definition) is 6. The van der Waals surface area contributed by atoms with Crippen LogP contribution in [0.15, 0.2) is 49.6 Å². The number of rotatable bonds is 14. The molecule has 2 bridgehead atoms. The summed E-state index contributed by atoms with van der Waals surface area (Å²) in [6.07, 6.45) is 8.51. The first kappa shape index (κ1) is 28.7. The summed E-state index contributed by atoms with van der Waals surface area (Å²) in [5, 5.41) is 9.75. The molecular weight excluding hydrogens is 524 g/mol. The Morgan fingerprint density at radius 3 is 2.71 bits per heavy atom. The van der Waals surface area contributed by atoms with Gasteiger partial charge in [-0.25, -0.2) is 0 Å². The summed E-state index contributed by atoms with van der Waals surface area (Å²) in [6, 6.07) is 6.41. The van der Waals surface area contributed by atoms with E-state index in [4.69, 9.17) is 16.3 Å². The van der Waals surface area contributed by atoms with Crippen LogP contribution in [0.1, 0.15) is 44.9 Å². The molecule has 3 heterocycles. The number of fused-ring (bicyclic) bond motifs is 1. The van der Waals surface area contributed by atoms with E-state index in [2.05, 4.69) is 13.2 Å². The first-order valence-electron chi connectivity index (χ1n) is 13.4. The third-order valence-electron chi connectivity index (χ3n) is 7.88. The fraction of sp³-hybridized carbons (Fsp3) is 0.552. The summed E-state index contributed by atoms with van der Waals surface area (Å²) in [5.74, 6) is -1.89. The standard InChI is InChI=1S/C29H37ClN2O5S/c1-3-5-6-11-19-37-28(36)23-22-14-15-29(38-22)24(23)26(34)32(17-9-10-18-33)25(29)27(35)31(16-4-2)21-13-8-7-12-20(21)30/h3-4,7-8,12-13,22-25,33H,1-2,5-6,9-11,14-19H2/t22-,23+,24-,25?,29?/m0/s1. The number of carbonyl (C=O) groups is 3. The van der Waals surface area contributed by atoms with Crippen LogP contribution in [0.5, 0.6) is 0 Å². The van der Waals surface area contributed by atoms with Gasteiger partial charge in [0.25, 0.3) is 5.91 Å². The van der Waals surface area contributed by atoms with Gasteiger partial charge in [-0.1, -0.05) is 35.9 Å². The molecule has 0 saturated carbocycles. The van der Waals surface area contributed by atoms with E-state index in [0.29, 0.717) is 43.1 Å². The Labute approximate surface area is 234 Å². The zero-order valence-corrected chi connectivity index (χ0v) is 23.3. The highest BCUT2D eigenvalue weighted by atomic mass is 35.5. The second-order valence-electron chi connectivity index (χ2n) is 10.2. The molecule has 0 aliphatic carbocycles. The monoisotopic (exact) mass is 560 g/mol. The van der Waals surface area contributed by atoms with Crippen LogP contribution in [0, 0.1) is 11.8 Å². The SMILES string of the molecule is C=CCCCCOC(=O)[C@@H]1[C@@H]2CCC3(S2)C(C(=O)N(CC=C)c2ccccc2Cl)N(CCCCO)C(=O)[C@H]13. The zero-order chi connectivity index (χ0) is 27.3. The second kappa shape index (κ2) is 12.7. The van der Waals surface area contributed by atoms with Crippen LogP contribution >= 0.6 is 23.4 Å². The lowest BCUT2D eigenvalue weighted by Gasteiger charge is -2.37. The van der Waals surface area contributed by atoms with Crippen molar-refractivity contribution in [3.63, 3.8) is 0 Å². The fourth-order valence-corrected chi connectivity index (χ4v) is 8.69. The van der Waals surface area contributed by atoms with Crippen molar-refractivity contribution in [1.29, 1.82) is 0 Å². The highest BCUT2D eigenvalue weighted by Gasteiger charge is 2.74. The van der Waals surface area contributed by atoms with Crippen molar-refractivity contribution in [3.05, 3.63) is 54.6 Å². The van der Waals surface area contributed by atoms with Gasteiger partial charge in [0, 0.05) is 24.9 Å². The molecule has 1 aromatic carbocycles. The van der Waals surface area contributed by atoms with Crippen LogP contribution in [0.25, 0.3) is 0 Å². The molecule has 2 amide bonds. The molecule has 38 heavy (non-hydrogen) atoms. The van der Waals surface area contributed by atoms with Gasteiger partial charge in [0.15, 0.2) is 0 Å². The van der Waals surface area contributed by atoms with E-state index >= 15 is 0 Å². The molecular formula is C29H37ClN2O5S. The van der Waals surface area contributed by atoms with Gasteiger partial charge in [-0.15, -0.1) is 24.9 Å². The van der Waals surface area contributed by atoms with Crippen molar-refractivity contribution < 1.29 is 24.2 Å². The number of esters is 1. The van der Waals surface area contributed by atoms with Gasteiger partial charge >= 0.3 is 5.97 Å². The summed E-state index contributed by atoms with van der Waals surface area (Å²) < 4.78 is 4.96. The number of likely N-dealkylation sites (tertiary alicyclic amines) is 1. The minimum Gasteiger partial charge on any atom is -0.465 e. The van der Waals surface area contributed by atoms with Crippen molar-refractivity contribution in [2.75, 3.05) is 31.2 Å². The number of thioether (sulfide) groups is 1. The van der Waals surface area contributed by atoms with E-state index in [-0.39, 0.29) is 36.2 Å². The first-order chi connectivity index (χ1) is 18.4. The Kier molecular flexibility index (Phi) is 9.60. The molecule has 2 unspecified atom stereocenters. The number of ether oxygens (including phenoxy) is 1. The summed E-state index contributed by atoms with van der Waals surface area (Å²) >= 11 is 8.12. The third kappa shape index (κ3) is 5.27. The average molecular weight is 561 g/mol. The zero-order valence-electron chi connectivity index (χ0n) is 21.7. The van der Waals surface area contributed by atoms with Crippen molar-refractivity contribution in [3.8, 4) is 0 Å². The van der Waals surface area contributed by atoms with Crippen LogP contribution in [0.3, 0.4) is 0 Å². The Hall–Kier alpha value is -2.29. The number of anilines is 1. The summed E-state index contributed by atoms with van der Waals surface area (Å²) in [7, 11) is 0. The van der Waals surface area contributed by atoms with Crippen molar-refractivity contribution in [1.82, 2.24) is 4.90 Å². The van der Waals surface area contributed by atoms with E-state index in [0.717, 1.165) is 25.7 Å². The Morgan fingerprint density at radius 2 is 2.00 bits per heavy atom. The quantitative estimate of drug-likeness (QED) is 0.203. The van der Waals surface area contributed by atoms with Gasteiger partial charge in [0.1, 0.15) is 6.04 Å². The van der Waals surface area contributed by atoms with Gasteiger partial charge in [0.2, 0.25) is 5.91 Å². The van der Waals surface area contributed by atoms with E-state index in [1.807, 2.05) is 12.1 Å². The number of halogens is 1. The number of aliphatic hydroxyl groups is 1. The smallest absolute Gasteiger partial charge is 0.310 e. The summed E-state index contributed by atoms with van der Waals surface area (Å²) in [5.41, 5.74) is 0.565. The van der Waals surface area contributed by atoms with Crippen molar-refractivity contribution >= 4 is 46.8 Å². The predicted molar refractivity (Wildman–Crippen MR) is 151 cm³/mol. The Balaban J connectivity index is 1.65. The maximum absolute atomic E-state index is 14.4. The number of allylic oxidation sites excluding steroid dienone is 1. The average Bonchev–Trinajstić information content (AvgIpc) is 3.55. The van der Waals surface area contributed by atoms with Crippen molar-refractivity contribution in [2.45, 2.75) is 61.0 Å². The van der Waals surface area contributed by atoms with Gasteiger partial charge in [-0.3, -0.25) is 14.4 Å². The van der Waals surface area contributed by atoms with E-state index < -0.39 is 22.6 Å². The molecule has 0 aromatic heterocycles. The summed E-state index contributed by atoms with van der Waals surface area (Å²) in [6.45, 7) is 8.46. The molecule has 7 nitrogen and oxygen atoms in total. The Morgan fingerprint density at radius 1 is 1.21 bits per heavy atom. The molecule has 3 fully saturated rings. The number of nitrogens with zero attached hydrogens (tertiary/aromatic N) is 2. The van der Waals surface area contributed by atoms with E-state index in [9.17, 15) is 19.5 Å². The van der Waals surface area contributed by atoms with Crippen LogP contribution in [0.4, 0.5) is 5.69 Å². The topological polar surface area (TPSA) is 87.2 Å². The number of benzene rings is 1. The lowest BCUT2D eigenvalue weighted by Crippen LogP contribution is -2.55. The predicted octanol–water partition coefficient (Wildman–Crippen LogP) is 4.62. The molecule has 1 aromatic rings. The van der Waals surface area contributed by atoms with Crippen molar-refractivity contribution in [2.24, 2.45) is 11.8 Å². The third-order valence-corrected chi connectivity index (χ3v) is 10.2. The number of unbranched alkanes of at least 4 members (excludes halogenated alkanes) is 3. The molecule has 1 spiro atoms.